The van der Waals surface area contributed by atoms with E-state index in [1.54, 1.807) is 18.4 Å². The van der Waals surface area contributed by atoms with Crippen LogP contribution < -0.4 is 11.1 Å². The number of nitrogens with two attached hydrogens (primary N) is 1. The Morgan fingerprint density at radius 2 is 2.10 bits per heavy atom. The third kappa shape index (κ3) is 3.63. The van der Waals surface area contributed by atoms with Crippen LogP contribution in [0.4, 0.5) is 11.9 Å². The van der Waals surface area contributed by atoms with Crippen LogP contribution in [0.3, 0.4) is 0 Å². The van der Waals surface area contributed by atoms with Gasteiger partial charge in [0.15, 0.2) is 5.76 Å². The normalized spacial score (nSPS) is 15.9. The molecule has 0 aliphatic carbocycles. The molecule has 0 aromatic carbocycles. The Morgan fingerprint density at radius 1 is 1.24 bits per heavy atom. The molecule has 1 saturated heterocycles. The number of rotatable bonds is 5. The number of piperidine rings is 1. The number of nitrogens with one attached hydrogen (secondary N) is 1. The summed E-state index contributed by atoms with van der Waals surface area (Å²) in [5.41, 5.74) is 7.02. The first kappa shape index (κ1) is 17.6. The maximum atomic E-state index is 6.05. The summed E-state index contributed by atoms with van der Waals surface area (Å²) in [6, 6.07) is 5.80. The van der Waals surface area contributed by atoms with E-state index < -0.39 is 0 Å². The van der Waals surface area contributed by atoms with Crippen molar-refractivity contribution in [2.24, 2.45) is 0 Å². The molecule has 1 aliphatic rings. The molecular weight excluding hydrogens is 374 g/mol. The van der Waals surface area contributed by atoms with Crippen molar-refractivity contribution < 1.29 is 8.94 Å². The molecule has 5 rings (SSSR count). The maximum Gasteiger partial charge on any atom is 0.259 e. The fourth-order valence-electron chi connectivity index (χ4n) is 3.52. The van der Waals surface area contributed by atoms with Crippen LogP contribution >= 0.6 is 0 Å². The molecule has 0 atom stereocenters. The molecule has 1 aliphatic heterocycles. The highest BCUT2D eigenvalue weighted by Gasteiger charge is 2.22. The van der Waals surface area contributed by atoms with Crippen LogP contribution in [0.15, 0.2) is 33.4 Å². The number of nitrogens with zero attached hydrogens (tertiary/aromatic N) is 7. The summed E-state index contributed by atoms with van der Waals surface area (Å²) in [5, 5.41) is 11.8. The zero-order valence-corrected chi connectivity index (χ0v) is 15.9. The predicted octanol–water partition coefficient (Wildman–Crippen LogP) is 1.73. The minimum absolute atomic E-state index is 0.224. The van der Waals surface area contributed by atoms with Crippen LogP contribution in [0.1, 0.15) is 24.3 Å². The highest BCUT2D eigenvalue weighted by molar-refractivity contribution is 5.52. The molecular formula is C18H21N9O2. The molecule has 5 heterocycles. The van der Waals surface area contributed by atoms with Crippen LogP contribution in [0.2, 0.25) is 0 Å². The van der Waals surface area contributed by atoms with Gasteiger partial charge in [-0.2, -0.15) is 19.5 Å². The van der Waals surface area contributed by atoms with E-state index in [4.69, 9.17) is 14.7 Å². The van der Waals surface area contributed by atoms with Crippen LogP contribution in [-0.2, 0) is 6.54 Å². The summed E-state index contributed by atoms with van der Waals surface area (Å²) < 4.78 is 11.9. The second-order valence-electron chi connectivity index (χ2n) is 7.15. The van der Waals surface area contributed by atoms with Crippen molar-refractivity contribution in [3.63, 3.8) is 0 Å². The Morgan fingerprint density at radius 3 is 2.83 bits per heavy atom. The molecule has 3 N–H and O–H groups in total. The van der Waals surface area contributed by atoms with Gasteiger partial charge in [-0.1, -0.05) is 5.16 Å². The lowest BCUT2D eigenvalue weighted by Gasteiger charge is -2.31. The van der Waals surface area contributed by atoms with E-state index in [0.717, 1.165) is 43.9 Å². The van der Waals surface area contributed by atoms with E-state index in [1.165, 1.54) is 4.52 Å². The topological polar surface area (TPSA) is 136 Å². The fourth-order valence-corrected chi connectivity index (χ4v) is 3.52. The first-order valence-corrected chi connectivity index (χ1v) is 9.49. The van der Waals surface area contributed by atoms with Crippen molar-refractivity contribution >= 4 is 17.7 Å². The van der Waals surface area contributed by atoms with Gasteiger partial charge in [0.2, 0.25) is 17.7 Å². The SMILES string of the molecule is Cc1cc(CN2CCC(Nc3nc(N)n4nc(-c5ccco5)nc4n3)CC2)no1. The molecule has 0 amide bonds. The van der Waals surface area contributed by atoms with Crippen LogP contribution in [-0.4, -0.2) is 53.8 Å². The zero-order chi connectivity index (χ0) is 19.8. The Bertz CT molecular complexity index is 1110. The van der Waals surface area contributed by atoms with E-state index in [1.807, 2.05) is 13.0 Å². The average Bonchev–Trinajstić information content (AvgIpc) is 3.44. The van der Waals surface area contributed by atoms with Gasteiger partial charge in [-0.05, 0) is 31.9 Å². The van der Waals surface area contributed by atoms with Gasteiger partial charge in [-0.25, -0.2) is 0 Å². The first-order chi connectivity index (χ1) is 14.1. The van der Waals surface area contributed by atoms with Crippen molar-refractivity contribution in [2.75, 3.05) is 24.1 Å². The van der Waals surface area contributed by atoms with Gasteiger partial charge in [0.05, 0.1) is 12.0 Å². The molecule has 0 radical (unpaired) electrons. The summed E-state index contributed by atoms with van der Waals surface area (Å²) in [4.78, 5) is 15.5. The Balaban J connectivity index is 1.25. The molecule has 29 heavy (non-hydrogen) atoms. The third-order valence-corrected chi connectivity index (χ3v) is 4.96. The van der Waals surface area contributed by atoms with Crippen molar-refractivity contribution in [3.8, 4) is 11.6 Å². The van der Waals surface area contributed by atoms with E-state index in [-0.39, 0.29) is 12.0 Å². The number of furan rings is 1. The number of likely N-dealkylation sites (tertiary alicyclic amines) is 1. The van der Waals surface area contributed by atoms with E-state index in [9.17, 15) is 0 Å². The summed E-state index contributed by atoms with van der Waals surface area (Å²) >= 11 is 0. The lowest BCUT2D eigenvalue weighted by Crippen LogP contribution is -2.39. The Labute approximate surface area is 165 Å². The minimum Gasteiger partial charge on any atom is -0.461 e. The highest BCUT2D eigenvalue weighted by Crippen LogP contribution is 2.20. The number of hydrogen-bond donors (Lipinski definition) is 2. The van der Waals surface area contributed by atoms with E-state index in [0.29, 0.717) is 23.3 Å². The van der Waals surface area contributed by atoms with Gasteiger partial charge in [0, 0.05) is 31.7 Å². The van der Waals surface area contributed by atoms with E-state index >= 15 is 0 Å². The lowest BCUT2D eigenvalue weighted by atomic mass is 10.1. The summed E-state index contributed by atoms with van der Waals surface area (Å²) in [5.74, 6) is 2.87. The molecule has 4 aromatic rings. The number of nitrogen functional groups attached to an aromatic ring is 1. The summed E-state index contributed by atoms with van der Waals surface area (Å²) in [6.45, 7) is 4.61. The van der Waals surface area contributed by atoms with Gasteiger partial charge in [0.25, 0.3) is 5.78 Å². The predicted molar refractivity (Wildman–Crippen MR) is 104 cm³/mol. The molecule has 11 nitrogen and oxygen atoms in total. The molecule has 4 aromatic heterocycles. The van der Waals surface area contributed by atoms with Gasteiger partial charge in [-0.3, -0.25) is 4.90 Å². The zero-order valence-electron chi connectivity index (χ0n) is 15.9. The molecule has 11 heteroatoms. The number of fused-ring (bicyclic) bond motifs is 1. The summed E-state index contributed by atoms with van der Waals surface area (Å²) in [6.07, 6.45) is 3.50. The monoisotopic (exact) mass is 395 g/mol. The second kappa shape index (κ2) is 7.17. The van der Waals surface area contributed by atoms with Gasteiger partial charge in [-0.15, -0.1) is 5.10 Å². The molecule has 0 unspecified atom stereocenters. The minimum atomic E-state index is 0.224. The molecule has 0 bridgehead atoms. The van der Waals surface area contributed by atoms with Crippen molar-refractivity contribution in [1.29, 1.82) is 0 Å². The molecule has 0 saturated carbocycles. The van der Waals surface area contributed by atoms with E-state index in [2.05, 4.69) is 35.4 Å². The lowest BCUT2D eigenvalue weighted by molar-refractivity contribution is 0.205. The molecule has 150 valence electrons. The fraction of sp³-hybridized carbons (Fsp3) is 0.389. The standard InChI is InChI=1S/C18H21N9O2/c1-11-9-13(25-29-11)10-26-6-4-12(5-7-26)20-17-22-16(19)27-18(23-17)21-15(24-27)14-3-2-8-28-14/h2-3,8-9,12H,4-7,10H2,1H3,(H3,19,20,21,22,23,24). The number of aryl methyl sites for hydroxylation is 1. The number of aromatic nitrogens is 6. The molecule has 0 spiro atoms. The van der Waals surface area contributed by atoms with Crippen molar-refractivity contribution in [1.82, 2.24) is 34.6 Å². The highest BCUT2D eigenvalue weighted by atomic mass is 16.5. The Kier molecular flexibility index (Phi) is 4.35. The van der Waals surface area contributed by atoms with Gasteiger partial charge < -0.3 is 20.0 Å². The number of hydrogen-bond acceptors (Lipinski definition) is 10. The van der Waals surface area contributed by atoms with Crippen molar-refractivity contribution in [2.45, 2.75) is 32.4 Å². The summed E-state index contributed by atoms with van der Waals surface area (Å²) in [7, 11) is 0. The van der Waals surface area contributed by atoms with Crippen LogP contribution in [0.5, 0.6) is 0 Å². The maximum absolute atomic E-state index is 6.05. The van der Waals surface area contributed by atoms with Crippen LogP contribution in [0, 0.1) is 6.92 Å². The quantitative estimate of drug-likeness (QED) is 0.514. The smallest absolute Gasteiger partial charge is 0.259 e. The Hall–Kier alpha value is -3.47. The first-order valence-electron chi connectivity index (χ1n) is 9.49. The molecule has 1 fully saturated rings. The van der Waals surface area contributed by atoms with Gasteiger partial charge in [0.1, 0.15) is 5.76 Å². The number of anilines is 2. The average molecular weight is 395 g/mol. The van der Waals surface area contributed by atoms with Crippen molar-refractivity contribution in [3.05, 3.63) is 35.9 Å². The van der Waals surface area contributed by atoms with Crippen LogP contribution in [0.25, 0.3) is 17.4 Å². The largest absolute Gasteiger partial charge is 0.461 e. The van der Waals surface area contributed by atoms with Gasteiger partial charge >= 0.3 is 0 Å². The second-order valence-corrected chi connectivity index (χ2v) is 7.15. The third-order valence-electron chi connectivity index (χ3n) is 4.96.